The second kappa shape index (κ2) is 7.45. The lowest BCUT2D eigenvalue weighted by molar-refractivity contribution is 0.215. The van der Waals surface area contributed by atoms with E-state index in [9.17, 15) is 4.79 Å². The van der Waals surface area contributed by atoms with Crippen molar-refractivity contribution in [3.63, 3.8) is 0 Å². The Hall–Kier alpha value is -2.79. The number of aromatic nitrogens is 2. The van der Waals surface area contributed by atoms with Crippen molar-refractivity contribution in [1.29, 1.82) is 0 Å². The van der Waals surface area contributed by atoms with Gasteiger partial charge in [-0.2, -0.15) is 5.10 Å². The first-order valence-corrected chi connectivity index (χ1v) is 9.03. The lowest BCUT2D eigenvalue weighted by Crippen LogP contribution is -2.19. The quantitative estimate of drug-likeness (QED) is 0.627. The minimum absolute atomic E-state index is 0.181. The zero-order valence-electron chi connectivity index (χ0n) is 15.8. The van der Waals surface area contributed by atoms with Crippen LogP contribution < -0.4 is 10.1 Å². The average Bonchev–Trinajstić information content (AvgIpc) is 3.02. The van der Waals surface area contributed by atoms with Gasteiger partial charge < -0.3 is 4.74 Å². The average molecular weight is 384 g/mol. The molecule has 1 heterocycles. The van der Waals surface area contributed by atoms with E-state index in [0.29, 0.717) is 16.6 Å². The fourth-order valence-electron chi connectivity index (χ4n) is 2.47. The summed E-state index contributed by atoms with van der Waals surface area (Å²) in [6.45, 7) is 8.13. The Morgan fingerprint density at radius 3 is 2.44 bits per heavy atom. The topological polar surface area (TPSA) is 56.2 Å². The highest BCUT2D eigenvalue weighted by Gasteiger charge is 2.22. The van der Waals surface area contributed by atoms with Gasteiger partial charge in [0.15, 0.2) is 0 Å². The number of hydrogen-bond donors (Lipinski definition) is 1. The van der Waals surface area contributed by atoms with Crippen LogP contribution >= 0.6 is 11.6 Å². The standard InChI is InChI=1S/C21H22ClN3O2/c1-14-10-11-15(12-17(14)22)25-19(13-18(24-25)21(2,3)4)23-20(26)27-16-8-6-5-7-9-16/h5-13H,1-4H3,(H,23,26). The van der Waals surface area contributed by atoms with E-state index in [-0.39, 0.29) is 5.41 Å². The van der Waals surface area contributed by atoms with E-state index < -0.39 is 6.09 Å². The molecule has 1 amide bonds. The molecular formula is C21H22ClN3O2. The molecule has 2 aromatic carbocycles. The first-order valence-electron chi connectivity index (χ1n) is 8.65. The summed E-state index contributed by atoms with van der Waals surface area (Å²) in [6, 6.07) is 16.4. The lowest BCUT2D eigenvalue weighted by Gasteiger charge is -2.14. The maximum absolute atomic E-state index is 12.3. The number of carbonyl (C=O) groups is 1. The van der Waals surface area contributed by atoms with E-state index in [2.05, 4.69) is 31.2 Å². The number of halogens is 1. The first kappa shape index (κ1) is 19.0. The first-order chi connectivity index (χ1) is 12.7. The largest absolute Gasteiger partial charge is 0.418 e. The van der Waals surface area contributed by atoms with E-state index in [0.717, 1.165) is 16.9 Å². The van der Waals surface area contributed by atoms with Crippen molar-refractivity contribution in [2.75, 3.05) is 5.32 Å². The Morgan fingerprint density at radius 1 is 1.11 bits per heavy atom. The van der Waals surface area contributed by atoms with Gasteiger partial charge in [-0.25, -0.2) is 9.48 Å². The molecule has 27 heavy (non-hydrogen) atoms. The number of anilines is 1. The van der Waals surface area contributed by atoms with Crippen LogP contribution in [0, 0.1) is 6.92 Å². The number of nitrogens with one attached hydrogen (secondary N) is 1. The van der Waals surface area contributed by atoms with Crippen molar-refractivity contribution in [2.24, 2.45) is 0 Å². The molecule has 0 unspecified atom stereocenters. The van der Waals surface area contributed by atoms with Crippen LogP contribution in [-0.4, -0.2) is 15.9 Å². The second-order valence-electron chi connectivity index (χ2n) is 7.34. The van der Waals surface area contributed by atoms with E-state index >= 15 is 0 Å². The molecule has 0 radical (unpaired) electrons. The van der Waals surface area contributed by atoms with Crippen LogP contribution in [0.15, 0.2) is 54.6 Å². The summed E-state index contributed by atoms with van der Waals surface area (Å²) in [7, 11) is 0. The third kappa shape index (κ3) is 4.49. The molecule has 140 valence electrons. The number of benzene rings is 2. The van der Waals surface area contributed by atoms with Crippen LogP contribution in [-0.2, 0) is 5.41 Å². The predicted molar refractivity (Wildman–Crippen MR) is 108 cm³/mol. The van der Waals surface area contributed by atoms with Gasteiger partial charge in [-0.15, -0.1) is 0 Å². The molecule has 0 bridgehead atoms. The van der Waals surface area contributed by atoms with E-state index in [1.807, 2.05) is 37.3 Å². The van der Waals surface area contributed by atoms with Crippen LogP contribution in [0.2, 0.25) is 5.02 Å². The molecule has 1 aromatic heterocycles. The number of hydrogen-bond acceptors (Lipinski definition) is 3. The number of nitrogens with zero attached hydrogens (tertiary/aromatic N) is 2. The van der Waals surface area contributed by atoms with E-state index in [1.165, 1.54) is 0 Å². The van der Waals surface area contributed by atoms with Gasteiger partial charge in [0.25, 0.3) is 0 Å². The number of ether oxygens (including phenoxy) is 1. The Morgan fingerprint density at radius 2 is 1.81 bits per heavy atom. The van der Waals surface area contributed by atoms with Crippen molar-refractivity contribution in [3.05, 3.63) is 70.9 Å². The van der Waals surface area contributed by atoms with Gasteiger partial charge >= 0.3 is 6.09 Å². The third-order valence-corrected chi connectivity index (χ3v) is 4.47. The Kier molecular flexibility index (Phi) is 5.24. The molecule has 0 saturated heterocycles. The number of carbonyl (C=O) groups excluding carboxylic acids is 1. The van der Waals surface area contributed by atoms with Gasteiger partial charge in [-0.05, 0) is 36.8 Å². The van der Waals surface area contributed by atoms with Gasteiger partial charge in [0.05, 0.1) is 11.4 Å². The van der Waals surface area contributed by atoms with Gasteiger partial charge in [0.2, 0.25) is 0 Å². The van der Waals surface area contributed by atoms with E-state index in [4.69, 9.17) is 16.3 Å². The number of aryl methyl sites for hydroxylation is 1. The summed E-state index contributed by atoms with van der Waals surface area (Å²) in [5, 5.41) is 8.09. The molecule has 6 heteroatoms. The summed E-state index contributed by atoms with van der Waals surface area (Å²) >= 11 is 6.27. The minimum atomic E-state index is -0.582. The Balaban J connectivity index is 1.94. The van der Waals surface area contributed by atoms with Crippen molar-refractivity contribution in [1.82, 2.24) is 9.78 Å². The fourth-order valence-corrected chi connectivity index (χ4v) is 2.65. The summed E-state index contributed by atoms with van der Waals surface area (Å²) in [6.07, 6.45) is -0.582. The molecule has 0 fully saturated rings. The number of amides is 1. The fraction of sp³-hybridized carbons (Fsp3) is 0.238. The molecule has 1 N–H and O–H groups in total. The maximum Gasteiger partial charge on any atom is 0.418 e. The smallest absolute Gasteiger partial charge is 0.410 e. The molecule has 0 aliphatic carbocycles. The summed E-state index contributed by atoms with van der Waals surface area (Å²) in [5.41, 5.74) is 2.39. The van der Waals surface area contributed by atoms with Crippen LogP contribution in [0.25, 0.3) is 5.69 Å². The van der Waals surface area contributed by atoms with Crippen LogP contribution in [0.1, 0.15) is 32.0 Å². The zero-order valence-corrected chi connectivity index (χ0v) is 16.5. The van der Waals surface area contributed by atoms with Gasteiger partial charge in [0.1, 0.15) is 11.6 Å². The van der Waals surface area contributed by atoms with Crippen molar-refractivity contribution in [3.8, 4) is 11.4 Å². The van der Waals surface area contributed by atoms with Crippen LogP contribution in [0.3, 0.4) is 0 Å². The normalized spacial score (nSPS) is 11.3. The second-order valence-corrected chi connectivity index (χ2v) is 7.74. The molecule has 0 aliphatic rings. The molecular weight excluding hydrogens is 362 g/mol. The monoisotopic (exact) mass is 383 g/mol. The zero-order chi connectivity index (χ0) is 19.6. The molecule has 0 aliphatic heterocycles. The highest BCUT2D eigenvalue weighted by atomic mass is 35.5. The highest BCUT2D eigenvalue weighted by molar-refractivity contribution is 6.31. The number of para-hydroxylation sites is 1. The SMILES string of the molecule is Cc1ccc(-n2nc(C(C)(C)C)cc2NC(=O)Oc2ccccc2)cc1Cl. The molecule has 0 atom stereocenters. The molecule has 0 saturated carbocycles. The van der Waals surface area contributed by atoms with Crippen molar-refractivity contribution < 1.29 is 9.53 Å². The summed E-state index contributed by atoms with van der Waals surface area (Å²) in [5.74, 6) is 0.983. The maximum atomic E-state index is 12.3. The molecule has 5 nitrogen and oxygen atoms in total. The predicted octanol–water partition coefficient (Wildman–Crippen LogP) is 5.74. The van der Waals surface area contributed by atoms with E-state index in [1.54, 1.807) is 28.9 Å². The van der Waals surface area contributed by atoms with Crippen molar-refractivity contribution >= 4 is 23.5 Å². The Bertz CT molecular complexity index is 959. The summed E-state index contributed by atoms with van der Waals surface area (Å²) < 4.78 is 6.99. The molecule has 3 rings (SSSR count). The summed E-state index contributed by atoms with van der Waals surface area (Å²) in [4.78, 5) is 12.3. The van der Waals surface area contributed by atoms with Crippen LogP contribution in [0.5, 0.6) is 5.75 Å². The third-order valence-electron chi connectivity index (χ3n) is 4.06. The van der Waals surface area contributed by atoms with Gasteiger partial charge in [0, 0.05) is 16.5 Å². The van der Waals surface area contributed by atoms with Gasteiger partial charge in [-0.3, -0.25) is 5.32 Å². The minimum Gasteiger partial charge on any atom is -0.410 e. The van der Waals surface area contributed by atoms with Crippen LogP contribution in [0.4, 0.5) is 10.6 Å². The van der Waals surface area contributed by atoms with Crippen molar-refractivity contribution in [2.45, 2.75) is 33.1 Å². The Labute approximate surface area is 163 Å². The molecule has 0 spiro atoms. The highest BCUT2D eigenvalue weighted by Crippen LogP contribution is 2.28. The molecule has 3 aromatic rings. The number of rotatable bonds is 3. The van der Waals surface area contributed by atoms with Gasteiger partial charge in [-0.1, -0.05) is 56.6 Å². The lowest BCUT2D eigenvalue weighted by atomic mass is 9.92.